The Hall–Kier alpha value is 0.194. The summed E-state index contributed by atoms with van der Waals surface area (Å²) in [4.78, 5) is 0. The predicted molar refractivity (Wildman–Crippen MR) is 21.0 cm³/mol. The van der Waals surface area contributed by atoms with Crippen molar-refractivity contribution in [3.05, 3.63) is 12.1 Å². The molecule has 0 nitrogen and oxygen atoms in total. The van der Waals surface area contributed by atoms with Gasteiger partial charge in [-0.3, -0.25) is 0 Å². The van der Waals surface area contributed by atoms with Gasteiger partial charge in [0.15, 0.2) is 0 Å². The Bertz CT molecular complexity index is 47.3. The van der Waals surface area contributed by atoms with Crippen LogP contribution in [-0.4, -0.2) is 12.9 Å². The van der Waals surface area contributed by atoms with E-state index in [2.05, 4.69) is 0 Å². The first-order chi connectivity index (χ1) is 2.00. The second-order valence-electron chi connectivity index (χ2n) is 0.770. The van der Waals surface area contributed by atoms with Crippen molar-refractivity contribution >= 4 is 12.9 Å². The molecule has 0 fully saturated rings. The molecule has 0 amide bonds. The SMILES string of the molecule is B1=CC=C1.[Cu]. The minimum atomic E-state index is 0. The van der Waals surface area contributed by atoms with Gasteiger partial charge >= 0.3 is 24.9 Å². The van der Waals surface area contributed by atoms with Crippen LogP contribution in [0.1, 0.15) is 0 Å². The maximum Gasteiger partial charge on any atom is 0 e. The van der Waals surface area contributed by atoms with Crippen LogP contribution in [0, 0.1) is 0 Å². The summed E-state index contributed by atoms with van der Waals surface area (Å²) >= 11 is 0. The number of rotatable bonds is 0. The van der Waals surface area contributed by atoms with Crippen LogP contribution in [0.25, 0.3) is 0 Å². The second-order valence-corrected chi connectivity index (χ2v) is 0.770. The van der Waals surface area contributed by atoms with Crippen LogP contribution in [0.3, 0.4) is 0 Å². The molecule has 1 radical (unpaired) electrons. The third-order valence-corrected chi connectivity index (χ3v) is 0.444. The van der Waals surface area contributed by atoms with Gasteiger partial charge < -0.3 is 0 Å². The molecule has 2 heteroatoms. The van der Waals surface area contributed by atoms with Crippen molar-refractivity contribution in [3.8, 4) is 0 Å². The second kappa shape index (κ2) is 2.43. The van der Waals surface area contributed by atoms with Crippen molar-refractivity contribution in [2.75, 3.05) is 0 Å². The molecule has 0 spiro atoms. The van der Waals surface area contributed by atoms with E-state index in [1.165, 1.54) is 0 Å². The number of hydrogen-bond acceptors (Lipinski definition) is 0. The van der Waals surface area contributed by atoms with E-state index in [1.807, 2.05) is 24.9 Å². The molecule has 0 saturated heterocycles. The molecule has 0 aromatic carbocycles. The van der Waals surface area contributed by atoms with Gasteiger partial charge in [0.25, 0.3) is 0 Å². The molecular weight excluding hydrogens is 110 g/mol. The zero-order chi connectivity index (χ0) is 2.83. The van der Waals surface area contributed by atoms with Crippen molar-refractivity contribution in [1.29, 1.82) is 0 Å². The Morgan fingerprint density at radius 1 is 1.40 bits per heavy atom. The van der Waals surface area contributed by atoms with Crippen LogP contribution >= 0.6 is 0 Å². The van der Waals surface area contributed by atoms with Crippen LogP contribution in [0.4, 0.5) is 0 Å². The van der Waals surface area contributed by atoms with Crippen molar-refractivity contribution < 1.29 is 17.1 Å². The minimum absolute atomic E-state index is 0. The fourth-order valence-electron chi connectivity index (χ4n) is 0.111. The third-order valence-electron chi connectivity index (χ3n) is 0.444. The van der Waals surface area contributed by atoms with E-state index in [-0.39, 0.29) is 17.1 Å². The first kappa shape index (κ1) is 5.19. The Morgan fingerprint density at radius 3 is 1.60 bits per heavy atom. The fraction of sp³-hybridized carbons (Fsp3) is 0. The normalized spacial score (nSPS) is 11.2. The van der Waals surface area contributed by atoms with E-state index < -0.39 is 0 Å². The van der Waals surface area contributed by atoms with E-state index >= 15 is 0 Å². The van der Waals surface area contributed by atoms with Crippen molar-refractivity contribution in [1.82, 2.24) is 0 Å². The summed E-state index contributed by atoms with van der Waals surface area (Å²) in [6.45, 7) is 2.00. The Kier molecular flexibility index (Phi) is 2.53. The van der Waals surface area contributed by atoms with Gasteiger partial charge in [-0.15, -0.1) is 0 Å². The maximum absolute atomic E-state index is 2.00. The predicted octanol–water partition coefficient (Wildman–Crippen LogP) is 0.0176. The fourth-order valence-corrected chi connectivity index (χ4v) is 0.111. The van der Waals surface area contributed by atoms with Gasteiger partial charge in [-0.25, -0.2) is 0 Å². The van der Waals surface area contributed by atoms with Gasteiger partial charge in [-0.2, -0.15) is 0 Å². The summed E-state index contributed by atoms with van der Waals surface area (Å²) in [5, 5.41) is 0. The first-order valence-electron chi connectivity index (χ1n) is 1.33. The molecule has 0 N–H and O–H groups in total. The molecule has 1 rings (SSSR count). The van der Waals surface area contributed by atoms with Gasteiger partial charge in [0.1, 0.15) is 0 Å². The zero-order valence-corrected chi connectivity index (χ0v) is 3.55. The van der Waals surface area contributed by atoms with E-state index in [0.29, 0.717) is 0 Å². The van der Waals surface area contributed by atoms with Gasteiger partial charge in [0.05, 0.1) is 0 Å². The standard InChI is InChI=1S/C3H3B.Cu/c1-2-4-3-1;/h1-3H;. The Morgan fingerprint density at radius 2 is 1.60 bits per heavy atom. The van der Waals surface area contributed by atoms with E-state index in [0.717, 1.165) is 0 Å². The van der Waals surface area contributed by atoms with Gasteiger partial charge in [-0.05, 0) is 0 Å². The molecule has 0 unspecified atom stereocenters. The molecule has 1 aliphatic rings. The molecule has 5 heavy (non-hydrogen) atoms. The van der Waals surface area contributed by atoms with Crippen molar-refractivity contribution in [2.24, 2.45) is 0 Å². The summed E-state index contributed by atoms with van der Waals surface area (Å²) in [6.07, 6.45) is 2.00. The average molecular weight is 113 g/mol. The maximum atomic E-state index is 2.00. The molecule has 0 aromatic heterocycles. The minimum Gasteiger partial charge on any atom is 0 e. The van der Waals surface area contributed by atoms with Crippen molar-refractivity contribution in [3.63, 3.8) is 0 Å². The average Bonchev–Trinajstić information content (AvgIpc) is 0.722. The Balaban J connectivity index is 0.000000160. The topological polar surface area (TPSA) is 0 Å². The summed E-state index contributed by atoms with van der Waals surface area (Å²) in [5.74, 6) is 4.00. The van der Waals surface area contributed by atoms with Crippen LogP contribution in [0.15, 0.2) is 12.1 Å². The molecule has 0 bridgehead atoms. The summed E-state index contributed by atoms with van der Waals surface area (Å²) in [6, 6.07) is 0. The van der Waals surface area contributed by atoms with Crippen LogP contribution in [-0.2, 0) is 17.1 Å². The van der Waals surface area contributed by atoms with Crippen LogP contribution in [0.5, 0.6) is 0 Å². The van der Waals surface area contributed by atoms with E-state index in [1.54, 1.807) is 0 Å². The summed E-state index contributed by atoms with van der Waals surface area (Å²) in [5.41, 5.74) is 0. The number of allylic oxidation sites excluding steroid dienone is 1. The first-order valence-corrected chi connectivity index (χ1v) is 1.33. The van der Waals surface area contributed by atoms with E-state index in [4.69, 9.17) is 0 Å². The van der Waals surface area contributed by atoms with Crippen molar-refractivity contribution in [2.45, 2.75) is 0 Å². The van der Waals surface area contributed by atoms with Gasteiger partial charge in [-0.1, -0.05) is 0 Å². The molecule has 0 atom stereocenters. The molecule has 1 aliphatic heterocycles. The molecule has 0 aliphatic carbocycles. The van der Waals surface area contributed by atoms with Gasteiger partial charge in [0, 0.05) is 17.1 Å². The smallest absolute Gasteiger partial charge is 0 e. The zero-order valence-electron chi connectivity index (χ0n) is 2.61. The largest absolute Gasteiger partial charge is 0 e. The molecule has 1 heterocycles. The van der Waals surface area contributed by atoms with Crippen LogP contribution < -0.4 is 0 Å². The Labute approximate surface area is 42.6 Å². The van der Waals surface area contributed by atoms with Gasteiger partial charge in [0.2, 0.25) is 0 Å². The van der Waals surface area contributed by atoms with Crippen LogP contribution in [0.2, 0.25) is 0 Å². The third kappa shape index (κ3) is 1.15. The van der Waals surface area contributed by atoms with E-state index in [9.17, 15) is 0 Å². The number of hydrogen-bond donors (Lipinski definition) is 0. The molecule has 0 aromatic rings. The summed E-state index contributed by atoms with van der Waals surface area (Å²) < 4.78 is 0. The monoisotopic (exact) mass is 113 g/mol. The molecule has 29 valence electrons. The molecule has 0 saturated carbocycles. The summed E-state index contributed by atoms with van der Waals surface area (Å²) in [7, 11) is 0. The quantitative estimate of drug-likeness (QED) is 0.389. The molecular formula is C3H3BCu.